The number of Topliss-reactive ketones (excluding diaryl/α,β-unsaturated/α-hetero) is 1. The van der Waals surface area contributed by atoms with Crippen molar-refractivity contribution in [2.75, 3.05) is 4.90 Å². The van der Waals surface area contributed by atoms with Crippen molar-refractivity contribution in [3.05, 3.63) is 88.0 Å². The molecule has 4 aromatic rings. The van der Waals surface area contributed by atoms with E-state index in [9.17, 15) is 14.7 Å². The van der Waals surface area contributed by atoms with Gasteiger partial charge in [-0.15, -0.1) is 0 Å². The molecule has 0 aliphatic carbocycles. The average Bonchev–Trinajstić information content (AvgIpc) is 3.44. The number of halogens is 1. The first-order valence-electron chi connectivity index (χ1n) is 9.63. The van der Waals surface area contributed by atoms with Crippen LogP contribution in [0.4, 0.5) is 5.13 Å². The maximum absolute atomic E-state index is 13.3. The Morgan fingerprint density at radius 1 is 1.22 bits per heavy atom. The second kappa shape index (κ2) is 7.65. The van der Waals surface area contributed by atoms with Crippen LogP contribution in [0, 0.1) is 6.92 Å². The Kier molecular flexibility index (Phi) is 4.91. The Labute approximate surface area is 193 Å². The molecule has 1 unspecified atom stereocenters. The van der Waals surface area contributed by atoms with Crippen molar-refractivity contribution in [2.45, 2.75) is 13.0 Å². The summed E-state index contributed by atoms with van der Waals surface area (Å²) < 4.78 is 6.25. The third-order valence-corrected chi connectivity index (χ3v) is 6.44. The van der Waals surface area contributed by atoms with E-state index in [-0.39, 0.29) is 11.3 Å². The van der Waals surface area contributed by atoms with Crippen LogP contribution in [-0.4, -0.2) is 29.6 Å². The Hall–Kier alpha value is -3.36. The number of aliphatic hydroxyl groups excluding tert-OH is 1. The normalized spacial score (nSPS) is 16.4. The van der Waals surface area contributed by atoms with Gasteiger partial charge in [0.05, 0.1) is 21.8 Å². The van der Waals surface area contributed by atoms with E-state index < -0.39 is 23.5 Å². The molecule has 1 aliphatic rings. The van der Waals surface area contributed by atoms with E-state index in [1.807, 2.05) is 0 Å². The number of amides is 1. The number of fused-ring (bicyclic) bond motifs is 1. The van der Waals surface area contributed by atoms with Gasteiger partial charge in [-0.3, -0.25) is 14.5 Å². The molecule has 0 bridgehead atoms. The van der Waals surface area contributed by atoms with Crippen molar-refractivity contribution in [3.63, 3.8) is 0 Å². The summed E-state index contributed by atoms with van der Waals surface area (Å²) in [5, 5.41) is 11.7. The number of furan rings is 1. The predicted octanol–water partition coefficient (Wildman–Crippen LogP) is 4.43. The summed E-state index contributed by atoms with van der Waals surface area (Å²) in [5.41, 5.74) is 1.58. The number of nitrogens with zero attached hydrogens (tertiary/aromatic N) is 2. The molecule has 9 heteroatoms. The summed E-state index contributed by atoms with van der Waals surface area (Å²) in [7, 11) is 5.98. The molecule has 1 amide bonds. The lowest BCUT2D eigenvalue weighted by Crippen LogP contribution is -2.31. The first-order valence-corrected chi connectivity index (χ1v) is 10.8. The molecular formula is C23H14BClN2O4S. The Morgan fingerprint density at radius 3 is 2.75 bits per heavy atom. The monoisotopic (exact) mass is 460 g/mol. The lowest BCUT2D eigenvalue weighted by atomic mass is 9.89. The van der Waals surface area contributed by atoms with Crippen molar-refractivity contribution in [2.24, 2.45) is 0 Å². The fourth-order valence-corrected chi connectivity index (χ4v) is 5.03. The first kappa shape index (κ1) is 20.5. The molecule has 156 valence electrons. The predicted molar refractivity (Wildman–Crippen MR) is 124 cm³/mol. The van der Waals surface area contributed by atoms with Gasteiger partial charge in [0.2, 0.25) is 5.78 Å². The number of aryl methyl sites for hydroxylation is 1. The van der Waals surface area contributed by atoms with Gasteiger partial charge in [-0.25, -0.2) is 4.98 Å². The van der Waals surface area contributed by atoms with Crippen LogP contribution in [0.3, 0.4) is 0 Å². The van der Waals surface area contributed by atoms with Crippen molar-refractivity contribution in [1.29, 1.82) is 0 Å². The van der Waals surface area contributed by atoms with Gasteiger partial charge >= 0.3 is 0 Å². The van der Waals surface area contributed by atoms with Gasteiger partial charge in [0.25, 0.3) is 5.91 Å². The maximum atomic E-state index is 13.3. The number of rotatable bonds is 4. The summed E-state index contributed by atoms with van der Waals surface area (Å²) in [5.74, 6) is -1.38. The topological polar surface area (TPSA) is 83.6 Å². The molecule has 2 aromatic carbocycles. The molecule has 5 rings (SSSR count). The highest BCUT2D eigenvalue weighted by Crippen LogP contribution is 2.44. The lowest BCUT2D eigenvalue weighted by molar-refractivity contribution is -0.117. The summed E-state index contributed by atoms with van der Waals surface area (Å²) in [6, 6.07) is 14.3. The second-order valence-corrected chi connectivity index (χ2v) is 8.80. The third kappa shape index (κ3) is 3.32. The van der Waals surface area contributed by atoms with E-state index >= 15 is 0 Å². The van der Waals surface area contributed by atoms with E-state index in [1.165, 1.54) is 22.3 Å². The van der Waals surface area contributed by atoms with Crippen molar-refractivity contribution in [3.8, 4) is 0 Å². The molecule has 6 nitrogen and oxygen atoms in total. The number of carbonyl (C=O) groups excluding carboxylic acids is 2. The fourth-order valence-electron chi connectivity index (χ4n) is 3.76. The zero-order chi connectivity index (χ0) is 22.6. The van der Waals surface area contributed by atoms with Gasteiger partial charge in [-0.2, -0.15) is 0 Å². The molecular weight excluding hydrogens is 447 g/mol. The van der Waals surface area contributed by atoms with Crippen LogP contribution in [0.1, 0.15) is 27.9 Å². The minimum Gasteiger partial charge on any atom is -0.503 e. The first-order chi connectivity index (χ1) is 15.3. The molecule has 1 aliphatic heterocycles. The number of carbonyl (C=O) groups is 2. The number of hydrogen-bond acceptors (Lipinski definition) is 6. The molecule has 2 aromatic heterocycles. The molecule has 0 fully saturated rings. The summed E-state index contributed by atoms with van der Waals surface area (Å²) >= 11 is 7.33. The van der Waals surface area contributed by atoms with Crippen LogP contribution in [0.2, 0.25) is 5.02 Å². The number of anilines is 1. The van der Waals surface area contributed by atoms with Gasteiger partial charge in [0, 0.05) is 5.02 Å². The molecule has 3 heterocycles. The van der Waals surface area contributed by atoms with Crippen LogP contribution in [0.25, 0.3) is 10.2 Å². The smallest absolute Gasteiger partial charge is 0.296 e. The summed E-state index contributed by atoms with van der Waals surface area (Å²) in [4.78, 5) is 32.4. The lowest BCUT2D eigenvalue weighted by Gasteiger charge is -2.24. The third-order valence-electron chi connectivity index (χ3n) is 5.19. The number of aliphatic hydroxyl groups is 1. The Balaban J connectivity index is 1.69. The van der Waals surface area contributed by atoms with Crippen LogP contribution in [0.5, 0.6) is 0 Å². The maximum Gasteiger partial charge on any atom is 0.296 e. The van der Waals surface area contributed by atoms with Gasteiger partial charge in [0.15, 0.2) is 16.7 Å². The highest BCUT2D eigenvalue weighted by molar-refractivity contribution is 7.22. The summed E-state index contributed by atoms with van der Waals surface area (Å²) in [6.45, 7) is 1.71. The SMILES string of the molecule is [B]c1cccc(C2C(C(=O)c3ccc(C)o3)=C(O)C(=O)N2c2nc3ccc(Cl)cc3s2)c1. The van der Waals surface area contributed by atoms with Crippen molar-refractivity contribution in [1.82, 2.24) is 4.98 Å². The van der Waals surface area contributed by atoms with E-state index in [2.05, 4.69) is 4.98 Å². The largest absolute Gasteiger partial charge is 0.503 e. The molecule has 2 radical (unpaired) electrons. The quantitative estimate of drug-likeness (QED) is 0.360. The molecule has 0 spiro atoms. The van der Waals surface area contributed by atoms with E-state index in [4.69, 9.17) is 23.9 Å². The van der Waals surface area contributed by atoms with Crippen LogP contribution in [-0.2, 0) is 4.79 Å². The number of ketones is 1. The number of hydrogen-bond donors (Lipinski definition) is 1. The summed E-state index contributed by atoms with van der Waals surface area (Å²) in [6.07, 6.45) is 0. The number of thiazole rings is 1. The van der Waals surface area contributed by atoms with Gasteiger partial charge in [-0.1, -0.05) is 52.7 Å². The molecule has 0 saturated carbocycles. The van der Waals surface area contributed by atoms with E-state index in [1.54, 1.807) is 55.5 Å². The standard InChI is InChI=1S/C23H14BClN2O4S/c1-11-5-8-16(31-11)20(28)18-19(12-3-2-4-13(24)9-12)27(22(30)21(18)29)23-26-15-7-6-14(25)10-17(15)32-23/h2-10,19,29H,1H3. The van der Waals surface area contributed by atoms with Crippen LogP contribution in [0.15, 0.2) is 70.3 Å². The second-order valence-electron chi connectivity index (χ2n) is 7.36. The Morgan fingerprint density at radius 2 is 2.03 bits per heavy atom. The minimum absolute atomic E-state index is 0.0312. The zero-order valence-corrected chi connectivity index (χ0v) is 18.3. The van der Waals surface area contributed by atoms with Gasteiger partial charge in [0.1, 0.15) is 13.6 Å². The Bertz CT molecular complexity index is 1440. The van der Waals surface area contributed by atoms with Gasteiger partial charge in [-0.05, 0) is 42.8 Å². The van der Waals surface area contributed by atoms with E-state index in [0.717, 1.165) is 4.70 Å². The van der Waals surface area contributed by atoms with Crippen molar-refractivity contribution < 1.29 is 19.1 Å². The van der Waals surface area contributed by atoms with E-state index in [0.29, 0.717) is 32.5 Å². The zero-order valence-electron chi connectivity index (χ0n) is 16.7. The molecule has 0 saturated heterocycles. The minimum atomic E-state index is -0.931. The highest BCUT2D eigenvalue weighted by Gasteiger charge is 2.46. The van der Waals surface area contributed by atoms with Crippen molar-refractivity contribution >= 4 is 63.3 Å². The van der Waals surface area contributed by atoms with Crippen LogP contribution >= 0.6 is 22.9 Å². The van der Waals surface area contributed by atoms with Crippen LogP contribution < -0.4 is 10.4 Å². The number of aromatic nitrogens is 1. The molecule has 1 N–H and O–H groups in total. The highest BCUT2D eigenvalue weighted by atomic mass is 35.5. The average molecular weight is 461 g/mol. The van der Waals surface area contributed by atoms with Gasteiger partial charge < -0.3 is 9.52 Å². The number of benzene rings is 2. The molecule has 32 heavy (non-hydrogen) atoms. The molecule has 1 atom stereocenters. The fraction of sp³-hybridized carbons (Fsp3) is 0.0870.